The molecule has 0 aromatic heterocycles. The molecule has 0 fully saturated rings. The van der Waals surface area contributed by atoms with Gasteiger partial charge in [0.2, 0.25) is 0 Å². The van der Waals surface area contributed by atoms with Crippen LogP contribution >= 0.6 is 0 Å². The van der Waals surface area contributed by atoms with Gasteiger partial charge in [0, 0.05) is 72.8 Å². The van der Waals surface area contributed by atoms with Gasteiger partial charge in [-0.2, -0.15) is 0 Å². The Balaban J connectivity index is 1.44. The van der Waals surface area contributed by atoms with Gasteiger partial charge in [-0.25, -0.2) is 4.79 Å². The highest BCUT2D eigenvalue weighted by molar-refractivity contribution is 6.02. The molecule has 13 heteroatoms. The number of fused-ring (bicyclic) bond motifs is 6. The number of nitrogens with zero attached hydrogens (tertiary/aromatic N) is 2. The Kier molecular flexibility index (Phi) is 9.37. The molecule has 1 unspecified atom stereocenters. The van der Waals surface area contributed by atoms with E-state index in [4.69, 9.17) is 23.7 Å². The number of rotatable bonds is 10. The lowest BCUT2D eigenvalue weighted by Gasteiger charge is -2.37. The molecule has 6 rings (SSSR count). The first-order chi connectivity index (χ1) is 24.4. The molecule has 0 radical (unpaired) electrons. The maximum absolute atomic E-state index is 13.8. The zero-order valence-electron chi connectivity index (χ0n) is 28.3. The van der Waals surface area contributed by atoms with Crippen LogP contribution in [0.3, 0.4) is 0 Å². The molecule has 0 bridgehead atoms. The predicted molar refractivity (Wildman–Crippen MR) is 181 cm³/mol. The summed E-state index contributed by atoms with van der Waals surface area (Å²) in [6, 6.07) is 21.5. The number of carbonyl (C=O) groups is 5. The quantitative estimate of drug-likeness (QED) is 0.131. The van der Waals surface area contributed by atoms with Crippen LogP contribution in [0.1, 0.15) is 57.2 Å². The lowest BCUT2D eigenvalue weighted by Crippen LogP contribution is -2.35. The van der Waals surface area contributed by atoms with Crippen molar-refractivity contribution in [1.29, 1.82) is 0 Å². The maximum atomic E-state index is 13.8. The van der Waals surface area contributed by atoms with Gasteiger partial charge in [-0.3, -0.25) is 19.2 Å². The van der Waals surface area contributed by atoms with Gasteiger partial charge in [-0.15, -0.1) is 0 Å². The van der Waals surface area contributed by atoms with Crippen molar-refractivity contribution in [3.63, 3.8) is 0 Å². The number of anilines is 2. The Hall–Kier alpha value is -6.37. The van der Waals surface area contributed by atoms with Crippen molar-refractivity contribution in [2.24, 2.45) is 0 Å². The second-order valence-electron chi connectivity index (χ2n) is 11.9. The second kappa shape index (κ2) is 13.9. The molecular formula is C38H34N2O11. The van der Waals surface area contributed by atoms with E-state index < -0.39 is 35.4 Å². The number of phenols is 1. The van der Waals surface area contributed by atoms with Crippen LogP contribution in [0.4, 0.5) is 11.4 Å². The van der Waals surface area contributed by atoms with Crippen LogP contribution in [0, 0.1) is 0 Å². The average molecular weight is 695 g/mol. The van der Waals surface area contributed by atoms with E-state index in [2.05, 4.69) is 0 Å². The molecule has 0 aliphatic carbocycles. The van der Waals surface area contributed by atoms with Gasteiger partial charge < -0.3 is 38.6 Å². The van der Waals surface area contributed by atoms with Gasteiger partial charge in [-0.05, 0) is 60.7 Å². The molecule has 2 aliphatic heterocycles. The highest BCUT2D eigenvalue weighted by atomic mass is 16.6. The first kappa shape index (κ1) is 34.5. The number of methoxy groups -OCH3 is 2. The summed E-state index contributed by atoms with van der Waals surface area (Å²) in [5, 5.41) is 9.77. The lowest BCUT2D eigenvalue weighted by atomic mass is 9.77. The highest BCUT2D eigenvalue weighted by Crippen LogP contribution is 2.57. The van der Waals surface area contributed by atoms with Gasteiger partial charge in [0.15, 0.2) is 5.60 Å². The van der Waals surface area contributed by atoms with Gasteiger partial charge in [-0.1, -0.05) is 6.07 Å². The summed E-state index contributed by atoms with van der Waals surface area (Å²) in [5.41, 5.74) is 1.71. The molecule has 1 spiro atoms. The van der Waals surface area contributed by atoms with E-state index in [0.717, 1.165) is 11.4 Å². The fraction of sp³-hybridized carbons (Fsp3) is 0.237. The van der Waals surface area contributed by atoms with Crippen molar-refractivity contribution in [2.45, 2.75) is 25.4 Å². The molecule has 4 aromatic carbocycles. The van der Waals surface area contributed by atoms with E-state index in [0.29, 0.717) is 22.4 Å². The Bertz CT molecular complexity index is 2040. The lowest BCUT2D eigenvalue weighted by molar-refractivity contribution is -0.140. The number of ether oxygens (including phenoxy) is 5. The SMILES string of the molecule is COC(=O)CCN(CCC(=O)OC)C(=O)c1ccc2c(c1)C(=O)OC21c2ccc(OC(C)=O)cc2Oc2cc(N(C)c3ccc(O)cc3)ccc21. The summed E-state index contributed by atoms with van der Waals surface area (Å²) in [5.74, 6) is -1.80. The summed E-state index contributed by atoms with van der Waals surface area (Å²) in [6.07, 6.45) is -0.210. The Labute approximate surface area is 292 Å². The summed E-state index contributed by atoms with van der Waals surface area (Å²) < 4.78 is 27.5. The maximum Gasteiger partial charge on any atom is 0.340 e. The van der Waals surface area contributed by atoms with Crippen LogP contribution in [0.2, 0.25) is 0 Å². The highest BCUT2D eigenvalue weighted by Gasteiger charge is 2.54. The van der Waals surface area contributed by atoms with E-state index in [1.165, 1.54) is 32.1 Å². The molecule has 1 atom stereocenters. The van der Waals surface area contributed by atoms with Crippen molar-refractivity contribution < 1.29 is 52.8 Å². The number of hydrogen-bond acceptors (Lipinski definition) is 12. The molecule has 51 heavy (non-hydrogen) atoms. The van der Waals surface area contributed by atoms with Crippen LogP contribution in [0.5, 0.6) is 23.0 Å². The standard InChI is InChI=1S/C38H34N2O11/c1-22(41)49-27-11-14-31-33(21-27)50-32-20-25(39(2)24-6-9-26(42)10-7-24)8-13-30(32)38(31)29-12-5-23(19-28(29)37(46)51-38)36(45)40(17-15-34(43)47-3)18-16-35(44)48-4/h5-14,19-21,42H,15-18H2,1-4H3. The third-order valence-electron chi connectivity index (χ3n) is 8.81. The predicted octanol–water partition coefficient (Wildman–Crippen LogP) is 5.22. The Morgan fingerprint density at radius 2 is 1.35 bits per heavy atom. The second-order valence-corrected chi connectivity index (χ2v) is 11.9. The minimum absolute atomic E-state index is 0.0301. The van der Waals surface area contributed by atoms with Gasteiger partial charge in [0.05, 0.1) is 32.6 Å². The largest absolute Gasteiger partial charge is 0.508 e. The fourth-order valence-corrected chi connectivity index (χ4v) is 6.25. The van der Waals surface area contributed by atoms with Gasteiger partial charge >= 0.3 is 23.9 Å². The van der Waals surface area contributed by atoms with Crippen LogP contribution in [-0.2, 0) is 34.2 Å². The number of hydrogen-bond donors (Lipinski definition) is 1. The zero-order valence-corrected chi connectivity index (χ0v) is 28.3. The molecule has 2 aliphatic rings. The number of phenolic OH excluding ortho intramolecular Hbond substituents is 1. The van der Waals surface area contributed by atoms with Crippen LogP contribution < -0.4 is 14.4 Å². The van der Waals surface area contributed by atoms with E-state index in [-0.39, 0.29) is 54.3 Å². The van der Waals surface area contributed by atoms with Crippen LogP contribution in [-0.4, -0.2) is 74.1 Å². The smallest absolute Gasteiger partial charge is 0.340 e. The molecule has 1 amide bonds. The van der Waals surface area contributed by atoms with Gasteiger partial charge in [0.25, 0.3) is 5.91 Å². The third kappa shape index (κ3) is 6.53. The summed E-state index contributed by atoms with van der Waals surface area (Å²) in [6.45, 7) is 1.22. The molecule has 2 heterocycles. The summed E-state index contributed by atoms with van der Waals surface area (Å²) in [4.78, 5) is 66.4. The molecule has 0 saturated carbocycles. The molecule has 13 nitrogen and oxygen atoms in total. The third-order valence-corrected chi connectivity index (χ3v) is 8.81. The number of esters is 4. The van der Waals surface area contributed by atoms with Crippen molar-refractivity contribution >= 4 is 41.2 Å². The number of aromatic hydroxyl groups is 1. The summed E-state index contributed by atoms with van der Waals surface area (Å²) >= 11 is 0. The van der Waals surface area contributed by atoms with E-state index in [1.54, 1.807) is 66.7 Å². The van der Waals surface area contributed by atoms with Gasteiger partial charge in [0.1, 0.15) is 23.0 Å². The van der Waals surface area contributed by atoms with Crippen molar-refractivity contribution in [3.8, 4) is 23.0 Å². The molecule has 262 valence electrons. The van der Waals surface area contributed by atoms with Crippen molar-refractivity contribution in [3.05, 3.63) is 107 Å². The first-order valence-corrected chi connectivity index (χ1v) is 15.9. The Morgan fingerprint density at radius 3 is 1.98 bits per heavy atom. The molecular weight excluding hydrogens is 660 g/mol. The zero-order chi connectivity index (χ0) is 36.4. The number of amides is 1. The Morgan fingerprint density at radius 1 is 0.765 bits per heavy atom. The fourth-order valence-electron chi connectivity index (χ4n) is 6.25. The molecule has 4 aromatic rings. The number of carbonyl (C=O) groups excluding carboxylic acids is 5. The minimum Gasteiger partial charge on any atom is -0.508 e. The molecule has 0 saturated heterocycles. The summed E-state index contributed by atoms with van der Waals surface area (Å²) in [7, 11) is 4.33. The monoisotopic (exact) mass is 694 g/mol. The average Bonchev–Trinajstić information content (AvgIpc) is 3.41. The van der Waals surface area contributed by atoms with Crippen LogP contribution in [0.15, 0.2) is 78.9 Å². The van der Waals surface area contributed by atoms with Crippen molar-refractivity contribution in [1.82, 2.24) is 4.90 Å². The number of benzene rings is 4. The normalized spacial score (nSPS) is 15.0. The van der Waals surface area contributed by atoms with E-state index >= 15 is 0 Å². The van der Waals surface area contributed by atoms with E-state index in [1.807, 2.05) is 18.0 Å². The molecule has 1 N–H and O–H groups in total. The minimum atomic E-state index is -1.50. The topological polar surface area (TPSA) is 158 Å². The van der Waals surface area contributed by atoms with E-state index in [9.17, 15) is 29.1 Å². The van der Waals surface area contributed by atoms with Crippen molar-refractivity contribution in [2.75, 3.05) is 39.3 Å². The first-order valence-electron chi connectivity index (χ1n) is 15.9. The van der Waals surface area contributed by atoms with Crippen LogP contribution in [0.25, 0.3) is 0 Å².